The number of nitrogens with zero attached hydrogens (tertiary/aromatic N) is 2. The molecule has 250 valence electrons. The molecule has 3 heterocycles. The van der Waals surface area contributed by atoms with Gasteiger partial charge in [-0.25, -0.2) is 0 Å². The van der Waals surface area contributed by atoms with E-state index in [0.29, 0.717) is 22.6 Å². The fourth-order valence-corrected chi connectivity index (χ4v) is 7.31. The van der Waals surface area contributed by atoms with Crippen molar-refractivity contribution in [3.05, 3.63) is 208 Å². The van der Waals surface area contributed by atoms with Gasteiger partial charge in [-0.05, 0) is 41.0 Å². The van der Waals surface area contributed by atoms with Gasteiger partial charge < -0.3 is 5.73 Å². The van der Waals surface area contributed by atoms with Gasteiger partial charge in [0.05, 0.1) is 0 Å². The number of hydrogen-bond acceptors (Lipinski definition) is 2. The molecule has 0 atom stereocenters. The number of aliphatic imine (C=N–C) groups is 2. The Morgan fingerprint density at radius 3 is 1.75 bits per heavy atom. The zero-order chi connectivity index (χ0) is 36.2. The van der Waals surface area contributed by atoms with Crippen LogP contribution in [0.15, 0.2) is 172 Å². The topological polar surface area (TPSA) is 64.3 Å². The summed E-state index contributed by atoms with van der Waals surface area (Å²) in [6.45, 7) is 0. The summed E-state index contributed by atoms with van der Waals surface area (Å²) >= 11 is 15.4. The molecule has 9 heteroatoms. The van der Waals surface area contributed by atoms with Gasteiger partial charge in [0.2, 0.25) is 0 Å². The van der Waals surface area contributed by atoms with Crippen LogP contribution in [0.2, 0.25) is 0 Å². The Balaban J connectivity index is 1.42. The Hall–Kier alpha value is -3.85. The number of hydrogen-bond donors (Lipinski definition) is 1. The van der Waals surface area contributed by atoms with Crippen LogP contribution >= 0.6 is 63.7 Å². The summed E-state index contributed by atoms with van der Waals surface area (Å²) in [5, 5.41) is 0. The van der Waals surface area contributed by atoms with Crippen molar-refractivity contribution in [3.8, 4) is 0 Å². The van der Waals surface area contributed by atoms with Crippen LogP contribution in [0.1, 0.15) is 33.6 Å². The van der Waals surface area contributed by atoms with Gasteiger partial charge in [-0.2, -0.15) is 5.70 Å². The number of rotatable bonds is 9. The Morgan fingerprint density at radius 1 is 0.635 bits per heavy atom. The number of aromatic nitrogens is 1. The van der Waals surface area contributed by atoms with Crippen LogP contribution in [0.5, 0.6) is 0 Å². The minimum atomic E-state index is 0.306. The fraction of sp³-hybridized carbons (Fsp3) is 0. The van der Waals surface area contributed by atoms with Crippen molar-refractivity contribution in [2.75, 3.05) is 0 Å². The summed E-state index contributed by atoms with van der Waals surface area (Å²) in [7, 11) is 0. The van der Waals surface area contributed by atoms with Crippen LogP contribution in [0.3, 0.4) is 0 Å². The summed E-state index contributed by atoms with van der Waals surface area (Å²) in [4.78, 5) is 13.4. The standard InChI is InChI=1S/C43H26Br4N4.Zn/c1-26-2-19-35(49-26)23-36-20-21-37(50-36)24-38-25-40(29-7-15-33(46)16-8-29)43(51-38)41(30-9-17-34(47)18-10-30)42(48)39(28-5-13-32(45)14-6-28)22-27-3-11-31(44)12-4-27;/h1-21,23-25,48,50H;/q-2;/b35-23?,38-24?,42-41-;. The molecule has 0 saturated heterocycles. The number of H-pyrrole nitrogens is 1. The molecule has 0 amide bonds. The Morgan fingerprint density at radius 2 is 1.17 bits per heavy atom. The van der Waals surface area contributed by atoms with Crippen LogP contribution in [0, 0.1) is 6.08 Å². The van der Waals surface area contributed by atoms with E-state index in [-0.39, 0.29) is 0 Å². The summed E-state index contributed by atoms with van der Waals surface area (Å²) in [6.07, 6.45) is 13.8. The van der Waals surface area contributed by atoms with Crippen molar-refractivity contribution < 1.29 is 17.9 Å². The van der Waals surface area contributed by atoms with Crippen LogP contribution in [-0.4, -0.2) is 21.0 Å². The van der Waals surface area contributed by atoms with Crippen LogP contribution < -0.4 is 0 Å². The molecule has 0 bridgehead atoms. The smallest absolute Gasteiger partial charge is 0.0539 e. The van der Waals surface area contributed by atoms with Gasteiger partial charge in [0.25, 0.3) is 0 Å². The van der Waals surface area contributed by atoms with E-state index in [1.54, 1.807) is 0 Å². The maximum atomic E-state index is 10.0. The number of benzene rings is 4. The monoisotopic (exact) mass is 978 g/mol. The average molecular weight is 984 g/mol. The third kappa shape index (κ3) is 8.67. The molecule has 0 radical (unpaired) electrons. The van der Waals surface area contributed by atoms with E-state index < -0.39 is 0 Å². The molecule has 7 rings (SSSR count). The van der Waals surface area contributed by atoms with E-state index in [1.807, 2.05) is 121 Å². The predicted molar refractivity (Wildman–Crippen MR) is 228 cm³/mol. The summed E-state index contributed by atoms with van der Waals surface area (Å²) in [5.41, 5.74) is 21.5. The fourth-order valence-electron chi connectivity index (χ4n) is 5.77. The first kappa shape index (κ1) is 36.5. The molecule has 4 aromatic carbocycles. The minimum Gasteiger partial charge on any atom is -0.0539 e. The Kier molecular flexibility index (Phi) is 11.5. The van der Waals surface area contributed by atoms with Gasteiger partial charge in [-0.3, -0.25) is 0 Å². The van der Waals surface area contributed by atoms with Crippen molar-refractivity contribution in [1.82, 2.24) is 4.98 Å². The molecule has 1 aromatic heterocycles. The second kappa shape index (κ2) is 16.4. The molecule has 5 aromatic rings. The van der Waals surface area contributed by atoms with E-state index in [9.17, 15) is 5.73 Å². The van der Waals surface area contributed by atoms with Crippen molar-refractivity contribution >= 4 is 109 Å². The number of nitrogens with one attached hydrogen (secondary N) is 2. The normalized spacial score (nSPS) is 16.3. The van der Waals surface area contributed by atoms with Crippen molar-refractivity contribution in [2.24, 2.45) is 9.98 Å². The van der Waals surface area contributed by atoms with Gasteiger partial charge in [0.1, 0.15) is 0 Å². The predicted octanol–water partition coefficient (Wildman–Crippen LogP) is 13.0. The Bertz CT molecular complexity index is 2420. The molecule has 0 unspecified atom stereocenters. The molecule has 0 spiro atoms. The molecule has 52 heavy (non-hydrogen) atoms. The zero-order valence-corrected chi connectivity index (χ0v) is 36.8. The quantitative estimate of drug-likeness (QED) is 0.0662. The first-order valence-corrected chi connectivity index (χ1v) is 21.1. The van der Waals surface area contributed by atoms with Crippen LogP contribution in [-0.2, 0) is 17.9 Å². The van der Waals surface area contributed by atoms with Gasteiger partial charge in [0, 0.05) is 17.9 Å². The molecule has 0 fully saturated rings. The van der Waals surface area contributed by atoms with Gasteiger partial charge in [-0.1, -0.05) is 130 Å². The molecule has 0 saturated carbocycles. The van der Waals surface area contributed by atoms with Crippen LogP contribution in [0.25, 0.3) is 34.6 Å². The van der Waals surface area contributed by atoms with E-state index >= 15 is 0 Å². The maximum absolute atomic E-state index is 10.0. The third-order valence-corrected chi connectivity index (χ3v) is 11.3. The van der Waals surface area contributed by atoms with Crippen molar-refractivity contribution in [1.29, 1.82) is 0 Å². The van der Waals surface area contributed by atoms with Crippen molar-refractivity contribution in [3.63, 3.8) is 0 Å². The average Bonchev–Trinajstić information content (AvgIpc) is 3.90. The second-order valence-electron chi connectivity index (χ2n) is 11.9. The Labute approximate surface area is 346 Å². The van der Waals surface area contributed by atoms with Gasteiger partial charge in [-0.15, -0.1) is 29.3 Å². The molecule has 2 aliphatic heterocycles. The number of halogens is 4. The summed E-state index contributed by atoms with van der Waals surface area (Å²) in [6, 6.07) is 36.3. The molecular formula is C43H26Br4N4Zn-2. The van der Waals surface area contributed by atoms with E-state index in [4.69, 9.17) is 4.99 Å². The second-order valence-corrected chi connectivity index (χ2v) is 16.4. The molecule has 2 aliphatic rings. The number of allylic oxidation sites excluding steroid dienone is 6. The van der Waals surface area contributed by atoms with Crippen molar-refractivity contribution in [2.45, 2.75) is 0 Å². The summed E-state index contributed by atoms with van der Waals surface area (Å²) < 4.78 is 5.98. The first-order valence-electron chi connectivity index (χ1n) is 16.2. The minimum absolute atomic E-state index is 0.306. The molecule has 0 aliphatic carbocycles. The van der Waals surface area contributed by atoms with Gasteiger partial charge >= 0.3 is 120 Å². The molecule has 2 N–H and O–H groups in total. The van der Waals surface area contributed by atoms with E-state index in [1.165, 1.54) is 0 Å². The molecule has 4 nitrogen and oxygen atoms in total. The zero-order valence-electron chi connectivity index (χ0n) is 27.5. The summed E-state index contributed by atoms with van der Waals surface area (Å²) in [5.74, 6) is 0. The van der Waals surface area contributed by atoms with E-state index in [0.717, 1.165) is 92.1 Å². The SMILES string of the molecule is [NH-]/C(C(=[C-]c1ccc(Br)cc1)c1ccc(Br)cc1)=C(\C1=NC(=Cc2ccc(C=C3C=CC([CH]=[Zn])=N3)[nH]2)C=C1c1ccc(Br)cc1)c1ccc(Br)cc1. The molecular weight excluding hydrogens is 958 g/mol. The van der Waals surface area contributed by atoms with E-state index in [2.05, 4.69) is 103 Å². The third-order valence-electron chi connectivity index (χ3n) is 8.29. The first-order chi connectivity index (χ1) is 25.2. The number of aromatic amines is 1. The van der Waals surface area contributed by atoms with Gasteiger partial charge in [0.15, 0.2) is 0 Å². The van der Waals surface area contributed by atoms with Crippen LogP contribution in [0.4, 0.5) is 0 Å².